The third-order valence-corrected chi connectivity index (χ3v) is 6.81. The Bertz CT molecular complexity index is 902. The van der Waals surface area contributed by atoms with Gasteiger partial charge in [0, 0.05) is 17.6 Å². The zero-order valence-electron chi connectivity index (χ0n) is 15.2. The first-order chi connectivity index (χ1) is 12.2. The van der Waals surface area contributed by atoms with E-state index in [1.165, 1.54) is 6.07 Å². The molecule has 2 heterocycles. The van der Waals surface area contributed by atoms with Crippen LogP contribution in [0.15, 0.2) is 24.3 Å². The number of nitrogens with zero attached hydrogens (tertiary/aromatic N) is 2. The summed E-state index contributed by atoms with van der Waals surface area (Å²) in [6.07, 6.45) is 0. The number of halogens is 1. The first-order valence-corrected chi connectivity index (χ1v) is 10.1. The van der Waals surface area contributed by atoms with E-state index in [2.05, 4.69) is 20.7 Å². The number of benzene rings is 1. The van der Waals surface area contributed by atoms with Crippen molar-refractivity contribution in [2.45, 2.75) is 51.6 Å². The fourth-order valence-corrected chi connectivity index (χ4v) is 5.32. The molecule has 142 valence electrons. The summed E-state index contributed by atoms with van der Waals surface area (Å²) in [5.41, 5.74) is 8.06. The maximum Gasteiger partial charge on any atom is 0.238 e. The molecule has 2 unspecified atom stereocenters. The number of aromatic nitrogens is 2. The Hall–Kier alpha value is -1.97. The molecule has 2 atom stereocenters. The van der Waals surface area contributed by atoms with Gasteiger partial charge in [-0.05, 0) is 33.8 Å². The Labute approximate surface area is 153 Å². The Morgan fingerprint density at radius 3 is 2.42 bits per heavy atom. The van der Waals surface area contributed by atoms with Crippen molar-refractivity contribution in [1.29, 1.82) is 0 Å². The second-order valence-electron chi connectivity index (χ2n) is 6.77. The minimum Gasteiger partial charge on any atom is -0.279 e. The average Bonchev–Trinajstić information content (AvgIpc) is 3.04. The molecule has 1 aliphatic heterocycles. The van der Waals surface area contributed by atoms with Crippen molar-refractivity contribution in [3.63, 3.8) is 0 Å². The van der Waals surface area contributed by atoms with E-state index in [9.17, 15) is 12.8 Å². The molecule has 0 saturated carbocycles. The second-order valence-corrected chi connectivity index (χ2v) is 8.61. The van der Waals surface area contributed by atoms with Gasteiger partial charge < -0.3 is 0 Å². The summed E-state index contributed by atoms with van der Waals surface area (Å²) in [6.45, 7) is 7.39. The molecule has 0 spiro atoms. The van der Waals surface area contributed by atoms with Gasteiger partial charge in [0.15, 0.2) is 0 Å². The zero-order chi connectivity index (χ0) is 19.1. The molecule has 0 bridgehead atoms. The van der Waals surface area contributed by atoms with Crippen LogP contribution >= 0.6 is 0 Å². The van der Waals surface area contributed by atoms with Crippen molar-refractivity contribution in [3.05, 3.63) is 47.0 Å². The summed E-state index contributed by atoms with van der Waals surface area (Å²) in [7, 11) is -3.63. The van der Waals surface area contributed by atoms with Crippen LogP contribution in [0.25, 0.3) is 0 Å². The first kappa shape index (κ1) is 18.8. The van der Waals surface area contributed by atoms with Crippen molar-refractivity contribution in [2.75, 3.05) is 4.72 Å². The maximum absolute atomic E-state index is 13.9. The second kappa shape index (κ2) is 6.98. The predicted molar refractivity (Wildman–Crippen MR) is 98.7 cm³/mol. The third-order valence-electron chi connectivity index (χ3n) is 4.79. The number of aryl methyl sites for hydroxylation is 1. The fourth-order valence-electron chi connectivity index (χ4n) is 3.39. The average molecular weight is 381 g/mol. The first-order valence-electron chi connectivity index (χ1n) is 8.51. The number of hydrazine groups is 1. The van der Waals surface area contributed by atoms with Gasteiger partial charge in [0.05, 0.1) is 23.6 Å². The summed E-state index contributed by atoms with van der Waals surface area (Å²) >= 11 is 0. The lowest BCUT2D eigenvalue weighted by Gasteiger charge is -2.19. The Morgan fingerprint density at radius 2 is 1.81 bits per heavy atom. The van der Waals surface area contributed by atoms with Crippen LogP contribution in [0.2, 0.25) is 0 Å². The monoisotopic (exact) mass is 381 g/mol. The van der Waals surface area contributed by atoms with Crippen molar-refractivity contribution in [1.82, 2.24) is 20.6 Å². The summed E-state index contributed by atoms with van der Waals surface area (Å²) in [5.74, 6) is -0.312. The summed E-state index contributed by atoms with van der Waals surface area (Å²) in [4.78, 5) is 0. The number of rotatable bonds is 5. The van der Waals surface area contributed by atoms with Gasteiger partial charge in [-0.3, -0.25) is 20.3 Å². The van der Waals surface area contributed by atoms with E-state index in [-0.39, 0.29) is 24.4 Å². The molecular formula is C17H24FN5O2S. The van der Waals surface area contributed by atoms with E-state index in [0.717, 1.165) is 0 Å². The van der Waals surface area contributed by atoms with Gasteiger partial charge in [0.2, 0.25) is 10.0 Å². The van der Waals surface area contributed by atoms with Crippen molar-refractivity contribution in [3.8, 4) is 0 Å². The molecule has 0 radical (unpaired) electrons. The lowest BCUT2D eigenvalue weighted by Crippen LogP contribution is -2.41. The summed E-state index contributed by atoms with van der Waals surface area (Å²) in [6, 6.07) is 6.03. The smallest absolute Gasteiger partial charge is 0.238 e. The van der Waals surface area contributed by atoms with Gasteiger partial charge in [0.1, 0.15) is 11.1 Å². The van der Waals surface area contributed by atoms with Crippen molar-refractivity contribution < 1.29 is 12.8 Å². The van der Waals surface area contributed by atoms with Crippen molar-refractivity contribution in [2.24, 2.45) is 0 Å². The third kappa shape index (κ3) is 3.46. The van der Waals surface area contributed by atoms with E-state index < -0.39 is 15.3 Å². The van der Waals surface area contributed by atoms with Crippen LogP contribution in [0.1, 0.15) is 30.8 Å². The molecule has 26 heavy (non-hydrogen) atoms. The zero-order valence-corrected chi connectivity index (χ0v) is 16.1. The van der Waals surface area contributed by atoms with Gasteiger partial charge in [-0.25, -0.2) is 12.8 Å². The van der Waals surface area contributed by atoms with Gasteiger partial charge in [-0.15, -0.1) is 0 Å². The SMILES string of the molecule is Cc1nn(Cc2ccccc2F)c(C)c1NS(=O)(=O)C1C(C)NNC1C. The summed E-state index contributed by atoms with van der Waals surface area (Å²) < 4.78 is 43.9. The molecule has 1 fully saturated rings. The number of hydrogen-bond donors (Lipinski definition) is 3. The largest absolute Gasteiger partial charge is 0.279 e. The minimum absolute atomic E-state index is 0.225. The van der Waals surface area contributed by atoms with E-state index >= 15 is 0 Å². The Balaban J connectivity index is 1.88. The van der Waals surface area contributed by atoms with E-state index in [4.69, 9.17) is 0 Å². The molecule has 0 amide bonds. The molecule has 9 heteroatoms. The highest BCUT2D eigenvalue weighted by Crippen LogP contribution is 2.25. The number of anilines is 1. The van der Waals surface area contributed by atoms with Crippen LogP contribution < -0.4 is 15.6 Å². The van der Waals surface area contributed by atoms with Crippen molar-refractivity contribution >= 4 is 15.7 Å². The highest BCUT2D eigenvalue weighted by molar-refractivity contribution is 7.93. The molecule has 1 aromatic carbocycles. The molecule has 2 aromatic rings. The van der Waals surface area contributed by atoms with Gasteiger partial charge in [0.25, 0.3) is 0 Å². The van der Waals surface area contributed by atoms with Crippen LogP contribution in [0, 0.1) is 19.7 Å². The van der Waals surface area contributed by atoms with Crippen LogP contribution in [0.5, 0.6) is 0 Å². The molecular weight excluding hydrogens is 357 g/mol. The lowest BCUT2D eigenvalue weighted by molar-refractivity contribution is 0.564. The van der Waals surface area contributed by atoms with Crippen LogP contribution in [-0.4, -0.2) is 35.5 Å². The quantitative estimate of drug-likeness (QED) is 0.733. The number of hydrogen-bond acceptors (Lipinski definition) is 5. The highest BCUT2D eigenvalue weighted by atomic mass is 32.2. The van der Waals surface area contributed by atoms with Gasteiger partial charge in [-0.1, -0.05) is 18.2 Å². The van der Waals surface area contributed by atoms with Crippen LogP contribution in [0.3, 0.4) is 0 Å². The maximum atomic E-state index is 13.9. The molecule has 7 nitrogen and oxygen atoms in total. The predicted octanol–water partition coefficient (Wildman–Crippen LogP) is 1.68. The number of nitrogens with one attached hydrogen (secondary N) is 3. The molecule has 1 saturated heterocycles. The summed E-state index contributed by atoms with van der Waals surface area (Å²) in [5, 5.41) is 3.77. The van der Waals surface area contributed by atoms with E-state index in [1.54, 1.807) is 36.7 Å². The topological polar surface area (TPSA) is 88.0 Å². The molecule has 1 aliphatic rings. The van der Waals surface area contributed by atoms with E-state index in [1.807, 2.05) is 13.8 Å². The van der Waals surface area contributed by atoms with Crippen LogP contribution in [0.4, 0.5) is 10.1 Å². The molecule has 3 rings (SSSR count). The molecule has 0 aliphatic carbocycles. The number of sulfonamides is 1. The lowest BCUT2D eigenvalue weighted by atomic mass is 10.2. The fraction of sp³-hybridized carbons (Fsp3) is 0.471. The van der Waals surface area contributed by atoms with Gasteiger partial charge in [-0.2, -0.15) is 5.10 Å². The Morgan fingerprint density at radius 1 is 1.19 bits per heavy atom. The standard InChI is InChI=1S/C17H24FN5O2S/c1-10-16(22-26(24,25)17-11(2)19-20-12(17)3)13(4)23(21-10)9-14-7-5-6-8-15(14)18/h5-8,11-12,17,19-20,22H,9H2,1-4H3. The van der Waals surface area contributed by atoms with E-state index in [0.29, 0.717) is 22.6 Å². The normalized spacial score (nSPS) is 23.3. The minimum atomic E-state index is -3.63. The van der Waals surface area contributed by atoms with Gasteiger partial charge >= 0.3 is 0 Å². The highest BCUT2D eigenvalue weighted by Gasteiger charge is 2.40. The Kier molecular flexibility index (Phi) is 5.05. The molecule has 1 aromatic heterocycles. The molecule has 3 N–H and O–H groups in total. The van der Waals surface area contributed by atoms with Crippen LogP contribution in [-0.2, 0) is 16.6 Å².